The predicted molar refractivity (Wildman–Crippen MR) is 70.3 cm³/mol. The number of hydrogen-bond acceptors (Lipinski definition) is 4. The maximum atomic E-state index is 5.57. The molecule has 0 bridgehead atoms. The van der Waals surface area contributed by atoms with Gasteiger partial charge in [0.25, 0.3) is 6.01 Å². The molecule has 4 heteroatoms. The summed E-state index contributed by atoms with van der Waals surface area (Å²) < 4.78 is 5.57. The summed E-state index contributed by atoms with van der Waals surface area (Å²) in [6.07, 6.45) is 1.85. The molecular weight excluding hydrogens is 226 g/mol. The molecule has 0 fully saturated rings. The molecule has 0 saturated carbocycles. The first-order valence-corrected chi connectivity index (χ1v) is 5.82. The molecule has 18 heavy (non-hydrogen) atoms. The Bertz CT molecular complexity index is 625. The zero-order chi connectivity index (χ0) is 12.4. The molecule has 0 unspecified atom stereocenters. The molecule has 0 amide bonds. The molecule has 0 saturated heterocycles. The lowest BCUT2D eigenvalue weighted by molar-refractivity contribution is 0.614. The van der Waals surface area contributed by atoms with E-state index in [1.54, 1.807) is 0 Å². The number of hydrogen-bond donors (Lipinski definition) is 1. The normalized spacial score (nSPS) is 10.7. The van der Waals surface area contributed by atoms with Crippen molar-refractivity contribution in [1.29, 1.82) is 0 Å². The highest BCUT2D eigenvalue weighted by molar-refractivity contribution is 5.74. The van der Waals surface area contributed by atoms with Gasteiger partial charge in [-0.1, -0.05) is 18.2 Å². The second-order valence-electron chi connectivity index (χ2n) is 4.15. The molecule has 2 aromatic heterocycles. The van der Waals surface area contributed by atoms with E-state index in [1.165, 1.54) is 0 Å². The quantitative estimate of drug-likeness (QED) is 0.762. The maximum absolute atomic E-state index is 5.57. The van der Waals surface area contributed by atoms with Crippen LogP contribution in [0.4, 0.5) is 6.01 Å². The third-order valence-corrected chi connectivity index (χ3v) is 2.71. The molecule has 0 aliphatic rings. The third-order valence-electron chi connectivity index (χ3n) is 2.71. The summed E-state index contributed by atoms with van der Waals surface area (Å²) in [6.45, 7) is 2.62. The van der Waals surface area contributed by atoms with Crippen molar-refractivity contribution in [3.63, 3.8) is 0 Å². The van der Waals surface area contributed by atoms with Crippen molar-refractivity contribution in [1.82, 2.24) is 9.97 Å². The van der Waals surface area contributed by atoms with Crippen LogP contribution in [0.3, 0.4) is 0 Å². The van der Waals surface area contributed by atoms with Gasteiger partial charge in [-0.2, -0.15) is 4.98 Å². The lowest BCUT2D eigenvalue weighted by atomic mass is 10.2. The summed E-state index contributed by atoms with van der Waals surface area (Å²) in [5.41, 5.74) is 3.77. The van der Waals surface area contributed by atoms with Gasteiger partial charge in [-0.05, 0) is 30.7 Å². The van der Waals surface area contributed by atoms with Gasteiger partial charge in [-0.25, -0.2) is 0 Å². The number of fused-ring (bicyclic) bond motifs is 1. The highest BCUT2D eigenvalue weighted by Crippen LogP contribution is 2.18. The maximum Gasteiger partial charge on any atom is 0.295 e. The zero-order valence-electron chi connectivity index (χ0n) is 10.1. The molecular formula is C14H13N3O. The molecule has 1 N–H and O–H groups in total. The second-order valence-corrected chi connectivity index (χ2v) is 4.15. The molecule has 0 aliphatic carbocycles. The van der Waals surface area contributed by atoms with E-state index < -0.39 is 0 Å². The number of oxazole rings is 1. The van der Waals surface area contributed by atoms with Crippen molar-refractivity contribution < 1.29 is 4.42 Å². The Morgan fingerprint density at radius 1 is 1.17 bits per heavy atom. The average molecular weight is 239 g/mol. The van der Waals surface area contributed by atoms with Crippen LogP contribution in [0, 0.1) is 6.92 Å². The van der Waals surface area contributed by atoms with Crippen molar-refractivity contribution in [3.8, 4) is 0 Å². The standard InChI is InChI=1S/C14H13N3O/c1-10-6-7-11(8-15-10)9-16-14-17-12-4-2-3-5-13(12)18-14/h2-8H,9H2,1H3,(H,16,17). The lowest BCUT2D eigenvalue weighted by Crippen LogP contribution is -2.00. The fraction of sp³-hybridized carbons (Fsp3) is 0.143. The number of anilines is 1. The minimum Gasteiger partial charge on any atom is -0.424 e. The van der Waals surface area contributed by atoms with E-state index in [2.05, 4.69) is 15.3 Å². The Kier molecular flexibility index (Phi) is 2.68. The molecule has 0 spiro atoms. The van der Waals surface area contributed by atoms with Crippen molar-refractivity contribution in [2.45, 2.75) is 13.5 Å². The molecule has 0 atom stereocenters. The summed E-state index contributed by atoms with van der Waals surface area (Å²) in [4.78, 5) is 8.59. The number of benzene rings is 1. The van der Waals surface area contributed by atoms with E-state index in [9.17, 15) is 0 Å². The first kappa shape index (κ1) is 10.8. The Balaban J connectivity index is 1.74. The predicted octanol–water partition coefficient (Wildman–Crippen LogP) is 3.14. The Morgan fingerprint density at radius 3 is 2.83 bits per heavy atom. The van der Waals surface area contributed by atoms with Gasteiger partial charge in [-0.3, -0.25) is 4.98 Å². The smallest absolute Gasteiger partial charge is 0.295 e. The van der Waals surface area contributed by atoms with E-state index in [0.717, 1.165) is 22.4 Å². The van der Waals surface area contributed by atoms with Gasteiger partial charge < -0.3 is 9.73 Å². The molecule has 1 aromatic carbocycles. The summed E-state index contributed by atoms with van der Waals surface area (Å²) in [6, 6.07) is 12.3. The Hall–Kier alpha value is -2.36. The van der Waals surface area contributed by atoms with Gasteiger partial charge >= 0.3 is 0 Å². The van der Waals surface area contributed by atoms with Crippen molar-refractivity contribution >= 4 is 17.1 Å². The van der Waals surface area contributed by atoms with E-state index in [4.69, 9.17) is 4.42 Å². The molecule has 3 rings (SSSR count). The molecule has 3 aromatic rings. The van der Waals surface area contributed by atoms with Crippen LogP contribution < -0.4 is 5.32 Å². The van der Waals surface area contributed by atoms with Crippen LogP contribution in [0.25, 0.3) is 11.1 Å². The summed E-state index contributed by atoms with van der Waals surface area (Å²) in [7, 11) is 0. The number of nitrogens with zero attached hydrogens (tertiary/aromatic N) is 2. The average Bonchev–Trinajstić information content (AvgIpc) is 2.81. The van der Waals surface area contributed by atoms with E-state index >= 15 is 0 Å². The summed E-state index contributed by atoms with van der Waals surface area (Å²) >= 11 is 0. The molecule has 0 radical (unpaired) electrons. The van der Waals surface area contributed by atoms with Crippen molar-refractivity contribution in [2.75, 3.05) is 5.32 Å². The van der Waals surface area contributed by atoms with E-state index in [-0.39, 0.29) is 0 Å². The van der Waals surface area contributed by atoms with Gasteiger partial charge in [-0.15, -0.1) is 0 Å². The topological polar surface area (TPSA) is 51.0 Å². The monoisotopic (exact) mass is 239 g/mol. The van der Waals surface area contributed by atoms with Crippen LogP contribution in [-0.4, -0.2) is 9.97 Å². The van der Waals surface area contributed by atoms with Gasteiger partial charge in [0, 0.05) is 18.4 Å². The third kappa shape index (κ3) is 2.18. The minimum absolute atomic E-state index is 0.539. The van der Waals surface area contributed by atoms with Gasteiger partial charge in [0.2, 0.25) is 0 Å². The first-order chi connectivity index (χ1) is 8.81. The van der Waals surface area contributed by atoms with Gasteiger partial charge in [0.05, 0.1) is 0 Å². The highest BCUT2D eigenvalue weighted by atomic mass is 16.4. The zero-order valence-corrected chi connectivity index (χ0v) is 10.1. The van der Waals surface area contributed by atoms with Crippen LogP contribution in [0.2, 0.25) is 0 Å². The number of nitrogens with one attached hydrogen (secondary N) is 1. The van der Waals surface area contributed by atoms with E-state index in [1.807, 2.05) is 49.5 Å². The molecule has 0 aliphatic heterocycles. The van der Waals surface area contributed by atoms with Crippen molar-refractivity contribution in [3.05, 3.63) is 53.9 Å². The van der Waals surface area contributed by atoms with Crippen LogP contribution in [0.5, 0.6) is 0 Å². The van der Waals surface area contributed by atoms with Gasteiger partial charge in [0.15, 0.2) is 5.58 Å². The van der Waals surface area contributed by atoms with Crippen LogP contribution in [0.1, 0.15) is 11.3 Å². The van der Waals surface area contributed by atoms with Crippen LogP contribution in [0.15, 0.2) is 47.0 Å². The number of aromatic nitrogens is 2. The summed E-state index contributed by atoms with van der Waals surface area (Å²) in [5.74, 6) is 0. The van der Waals surface area contributed by atoms with Gasteiger partial charge in [0.1, 0.15) is 5.52 Å². The van der Waals surface area contributed by atoms with E-state index in [0.29, 0.717) is 12.6 Å². The fourth-order valence-electron chi connectivity index (χ4n) is 1.73. The number of pyridine rings is 1. The highest BCUT2D eigenvalue weighted by Gasteiger charge is 2.03. The molecule has 90 valence electrons. The molecule has 2 heterocycles. The van der Waals surface area contributed by atoms with Crippen molar-refractivity contribution in [2.24, 2.45) is 0 Å². The second kappa shape index (κ2) is 4.49. The fourth-order valence-corrected chi connectivity index (χ4v) is 1.73. The Morgan fingerprint density at radius 2 is 2.06 bits per heavy atom. The number of rotatable bonds is 3. The first-order valence-electron chi connectivity index (χ1n) is 5.82. The molecule has 4 nitrogen and oxygen atoms in total. The summed E-state index contributed by atoms with van der Waals surface area (Å²) in [5, 5.41) is 3.15. The SMILES string of the molecule is Cc1ccc(CNc2nc3ccccc3o2)cn1. The largest absolute Gasteiger partial charge is 0.424 e. The number of aryl methyl sites for hydroxylation is 1. The number of para-hydroxylation sites is 2. The van der Waals surface area contributed by atoms with Crippen LogP contribution >= 0.6 is 0 Å². The minimum atomic E-state index is 0.539. The lowest BCUT2D eigenvalue weighted by Gasteiger charge is -2.01. The Labute approximate surface area is 105 Å². The van der Waals surface area contributed by atoms with Crippen LogP contribution in [-0.2, 0) is 6.54 Å².